The summed E-state index contributed by atoms with van der Waals surface area (Å²) in [6, 6.07) is 17.0. The fourth-order valence-corrected chi connectivity index (χ4v) is 1.99. The first-order valence-electron chi connectivity index (χ1n) is 7.61. The highest BCUT2D eigenvalue weighted by molar-refractivity contribution is 5.60. The summed E-state index contributed by atoms with van der Waals surface area (Å²) in [6.45, 7) is 5.62. The highest BCUT2D eigenvalue weighted by atomic mass is 15.2. The minimum atomic E-state index is 0.142. The Kier molecular flexibility index (Phi) is 4.75. The van der Waals surface area contributed by atoms with Crippen LogP contribution >= 0.6 is 0 Å². The lowest BCUT2D eigenvalue weighted by molar-refractivity contribution is 1.04. The van der Waals surface area contributed by atoms with Gasteiger partial charge in [-0.1, -0.05) is 24.8 Å². The fourth-order valence-electron chi connectivity index (χ4n) is 1.99. The summed E-state index contributed by atoms with van der Waals surface area (Å²) in [5.74, 6) is 0.969. The summed E-state index contributed by atoms with van der Waals surface area (Å²) >= 11 is 0. The van der Waals surface area contributed by atoms with Crippen LogP contribution in [0, 0.1) is 0 Å². The van der Waals surface area contributed by atoms with Gasteiger partial charge < -0.3 is 11.1 Å². The van der Waals surface area contributed by atoms with E-state index in [9.17, 15) is 0 Å². The number of rotatable bonds is 5. The van der Waals surface area contributed by atoms with Crippen LogP contribution in [0.15, 0.2) is 71.4 Å². The molecular weight excluding hydrogens is 314 g/mol. The Morgan fingerprint density at radius 2 is 1.56 bits per heavy atom. The molecular formula is C18H17N7. The number of nitrogens with two attached hydrogens (primary N) is 1. The predicted octanol–water partition coefficient (Wildman–Crippen LogP) is 4.65. The van der Waals surface area contributed by atoms with Gasteiger partial charge in [-0.05, 0) is 48.9 Å². The molecule has 3 N–H and O–H groups in total. The Morgan fingerprint density at radius 1 is 0.920 bits per heavy atom. The first-order chi connectivity index (χ1) is 12.1. The van der Waals surface area contributed by atoms with E-state index in [1.54, 1.807) is 0 Å². The minimum absolute atomic E-state index is 0.142. The predicted molar refractivity (Wildman–Crippen MR) is 99.3 cm³/mol. The number of hydrogen-bond donors (Lipinski definition) is 2. The lowest BCUT2D eigenvalue weighted by atomic mass is 10.3. The lowest BCUT2D eigenvalue weighted by Crippen LogP contribution is -2.06. The third kappa shape index (κ3) is 4.44. The van der Waals surface area contributed by atoms with Gasteiger partial charge in [0.15, 0.2) is 5.82 Å². The molecule has 0 aliphatic rings. The van der Waals surface area contributed by atoms with E-state index in [4.69, 9.17) is 5.73 Å². The molecule has 0 radical (unpaired) electrons. The van der Waals surface area contributed by atoms with Crippen molar-refractivity contribution < 1.29 is 0 Å². The number of nitrogens with zero attached hydrogens (tertiary/aromatic N) is 5. The Labute approximate surface area is 145 Å². The van der Waals surface area contributed by atoms with Crippen molar-refractivity contribution in [2.24, 2.45) is 10.2 Å². The highest BCUT2D eigenvalue weighted by Gasteiger charge is 2.05. The molecule has 0 fully saturated rings. The summed E-state index contributed by atoms with van der Waals surface area (Å²) in [5, 5.41) is 11.5. The maximum atomic E-state index is 5.70. The Bertz CT molecular complexity index is 902. The summed E-state index contributed by atoms with van der Waals surface area (Å²) in [6.07, 6.45) is 0. The van der Waals surface area contributed by atoms with Crippen LogP contribution in [0.1, 0.15) is 12.7 Å². The molecule has 7 nitrogen and oxygen atoms in total. The van der Waals surface area contributed by atoms with Gasteiger partial charge in [-0.3, -0.25) is 0 Å². The van der Waals surface area contributed by atoms with Crippen LogP contribution in [0.4, 0.5) is 29.0 Å². The fraction of sp³-hybridized carbons (Fsp3) is 0.0556. The molecule has 25 heavy (non-hydrogen) atoms. The number of nitrogen functional groups attached to an aromatic ring is 1. The van der Waals surface area contributed by atoms with Crippen molar-refractivity contribution in [1.29, 1.82) is 0 Å². The zero-order chi connectivity index (χ0) is 17.6. The molecule has 2 aromatic carbocycles. The van der Waals surface area contributed by atoms with E-state index in [1.165, 1.54) is 0 Å². The van der Waals surface area contributed by atoms with E-state index in [-0.39, 0.29) is 5.95 Å². The quantitative estimate of drug-likeness (QED) is 0.663. The van der Waals surface area contributed by atoms with Crippen LogP contribution in [0.3, 0.4) is 0 Å². The second kappa shape index (κ2) is 7.31. The summed E-state index contributed by atoms with van der Waals surface area (Å²) < 4.78 is 0. The Morgan fingerprint density at radius 3 is 2.20 bits per heavy atom. The molecule has 0 spiro atoms. The molecule has 0 aliphatic heterocycles. The highest BCUT2D eigenvalue weighted by Crippen LogP contribution is 2.21. The average Bonchev–Trinajstić information content (AvgIpc) is 2.61. The van der Waals surface area contributed by atoms with Gasteiger partial charge in [-0.2, -0.15) is 25.2 Å². The zero-order valence-corrected chi connectivity index (χ0v) is 13.7. The van der Waals surface area contributed by atoms with E-state index in [1.807, 2.05) is 61.5 Å². The van der Waals surface area contributed by atoms with Gasteiger partial charge in [0, 0.05) is 5.69 Å². The largest absolute Gasteiger partial charge is 0.368 e. The van der Waals surface area contributed by atoms with Gasteiger partial charge >= 0.3 is 0 Å². The standard InChI is InChI=1S/C18H17N7/c1-12(2)16-21-17(19)23-18(22-16)20-13-8-10-15(11-9-13)25-24-14-6-4-3-5-7-14/h3-11H,1H2,2H3,(H3,19,20,21,22,23). The number of benzene rings is 2. The van der Waals surface area contributed by atoms with Gasteiger partial charge in [0.25, 0.3) is 0 Å². The molecule has 0 atom stereocenters. The SMILES string of the molecule is C=C(C)c1nc(N)nc(Nc2ccc(N=Nc3ccccc3)cc2)n1. The molecule has 0 aliphatic carbocycles. The van der Waals surface area contributed by atoms with E-state index >= 15 is 0 Å². The molecule has 1 heterocycles. The molecule has 3 aromatic rings. The Balaban J connectivity index is 1.73. The van der Waals surface area contributed by atoms with Crippen LogP contribution in [0.25, 0.3) is 5.57 Å². The summed E-state index contributed by atoms with van der Waals surface area (Å²) in [4.78, 5) is 12.4. The van der Waals surface area contributed by atoms with Crippen molar-refractivity contribution in [1.82, 2.24) is 15.0 Å². The molecule has 1 aromatic heterocycles. The van der Waals surface area contributed by atoms with Crippen LogP contribution in [0.5, 0.6) is 0 Å². The Hall–Kier alpha value is -3.61. The smallest absolute Gasteiger partial charge is 0.232 e. The molecule has 3 rings (SSSR count). The van der Waals surface area contributed by atoms with Crippen molar-refractivity contribution >= 4 is 34.5 Å². The topological polar surface area (TPSA) is 101 Å². The van der Waals surface area contributed by atoms with E-state index in [0.717, 1.165) is 17.1 Å². The van der Waals surface area contributed by atoms with E-state index in [2.05, 4.69) is 37.1 Å². The van der Waals surface area contributed by atoms with Crippen LogP contribution < -0.4 is 11.1 Å². The second-order valence-electron chi connectivity index (χ2n) is 5.33. The first-order valence-corrected chi connectivity index (χ1v) is 7.61. The third-order valence-electron chi connectivity index (χ3n) is 3.20. The zero-order valence-electron chi connectivity index (χ0n) is 13.7. The molecule has 0 bridgehead atoms. The van der Waals surface area contributed by atoms with Crippen molar-refractivity contribution in [2.75, 3.05) is 11.1 Å². The first kappa shape index (κ1) is 16.3. The second-order valence-corrected chi connectivity index (χ2v) is 5.33. The summed E-state index contributed by atoms with van der Waals surface area (Å²) in [7, 11) is 0. The van der Waals surface area contributed by atoms with Crippen molar-refractivity contribution in [3.8, 4) is 0 Å². The number of azo groups is 1. The molecule has 7 heteroatoms. The molecule has 0 unspecified atom stereocenters. The normalized spacial score (nSPS) is 10.8. The van der Waals surface area contributed by atoms with Gasteiger partial charge in [-0.15, -0.1) is 0 Å². The molecule has 0 amide bonds. The third-order valence-corrected chi connectivity index (χ3v) is 3.20. The maximum Gasteiger partial charge on any atom is 0.232 e. The van der Waals surface area contributed by atoms with Crippen molar-refractivity contribution in [2.45, 2.75) is 6.92 Å². The molecule has 0 saturated carbocycles. The van der Waals surface area contributed by atoms with E-state index < -0.39 is 0 Å². The summed E-state index contributed by atoms with van der Waals surface area (Å²) in [5.41, 5.74) is 8.76. The average molecular weight is 331 g/mol. The number of aromatic nitrogens is 3. The van der Waals surface area contributed by atoms with Gasteiger partial charge in [0.05, 0.1) is 11.4 Å². The number of hydrogen-bond acceptors (Lipinski definition) is 7. The van der Waals surface area contributed by atoms with Crippen LogP contribution in [0.2, 0.25) is 0 Å². The minimum Gasteiger partial charge on any atom is -0.368 e. The number of allylic oxidation sites excluding steroid dienone is 1. The van der Waals surface area contributed by atoms with Crippen molar-refractivity contribution in [3.63, 3.8) is 0 Å². The van der Waals surface area contributed by atoms with Gasteiger partial charge in [-0.25, -0.2) is 0 Å². The van der Waals surface area contributed by atoms with Crippen LogP contribution in [-0.4, -0.2) is 15.0 Å². The number of anilines is 3. The van der Waals surface area contributed by atoms with Crippen LogP contribution in [-0.2, 0) is 0 Å². The number of nitrogens with one attached hydrogen (secondary N) is 1. The van der Waals surface area contributed by atoms with Gasteiger partial charge in [0.1, 0.15) is 0 Å². The molecule has 124 valence electrons. The van der Waals surface area contributed by atoms with Crippen molar-refractivity contribution in [3.05, 3.63) is 67.0 Å². The van der Waals surface area contributed by atoms with Gasteiger partial charge in [0.2, 0.25) is 11.9 Å². The lowest BCUT2D eigenvalue weighted by Gasteiger charge is -2.07. The monoisotopic (exact) mass is 331 g/mol. The molecule has 0 saturated heterocycles. The van der Waals surface area contributed by atoms with E-state index in [0.29, 0.717) is 17.3 Å². The maximum absolute atomic E-state index is 5.70.